The number of halogens is 1. The van der Waals surface area contributed by atoms with Crippen LogP contribution in [0.25, 0.3) is 0 Å². The Morgan fingerprint density at radius 1 is 1.43 bits per heavy atom. The lowest BCUT2D eigenvalue weighted by Gasteiger charge is -2.06. The van der Waals surface area contributed by atoms with Gasteiger partial charge in [0.15, 0.2) is 5.78 Å². The number of nitro groups is 1. The first-order valence-corrected chi connectivity index (χ1v) is 6.53. The smallest absolute Gasteiger partial charge is 0.378 e. The number of Topliss-reactive ketones (excluding diaryl/α,β-unsaturated/α-hetero) is 1. The maximum absolute atomic E-state index is 11.9. The molecule has 0 amide bonds. The molecule has 0 bridgehead atoms. The van der Waals surface area contributed by atoms with Crippen LogP contribution < -0.4 is 5.32 Å². The Bertz CT molecular complexity index is 667. The summed E-state index contributed by atoms with van der Waals surface area (Å²) in [6.45, 7) is 1.77. The first kappa shape index (κ1) is 15.0. The van der Waals surface area contributed by atoms with Gasteiger partial charge in [-0.25, -0.2) is 0 Å². The number of carbonyl (C=O) groups excluding carboxylic acids is 1. The Hall–Kier alpha value is -2.41. The van der Waals surface area contributed by atoms with Gasteiger partial charge in [0.25, 0.3) is 0 Å². The van der Waals surface area contributed by atoms with E-state index in [-0.39, 0.29) is 24.7 Å². The SMILES string of the molecule is Cc1nc([N+](=O)[O-])cn1CC(=O)CNc1ccc(Cl)cc1. The van der Waals surface area contributed by atoms with Gasteiger partial charge in [-0.3, -0.25) is 4.79 Å². The van der Waals surface area contributed by atoms with Crippen LogP contribution in [0.4, 0.5) is 11.5 Å². The van der Waals surface area contributed by atoms with E-state index in [1.165, 1.54) is 10.8 Å². The third kappa shape index (κ3) is 4.03. The number of aromatic nitrogens is 2. The molecular formula is C13H13ClN4O3. The summed E-state index contributed by atoms with van der Waals surface area (Å²) in [5.74, 6) is 0.0628. The summed E-state index contributed by atoms with van der Waals surface area (Å²) in [5.41, 5.74) is 0.779. The number of imidazole rings is 1. The molecule has 2 rings (SSSR count). The maximum atomic E-state index is 11.9. The Labute approximate surface area is 125 Å². The summed E-state index contributed by atoms with van der Waals surface area (Å²) in [7, 11) is 0. The zero-order valence-electron chi connectivity index (χ0n) is 11.2. The first-order chi connectivity index (χ1) is 9.95. The number of ketones is 1. The highest BCUT2D eigenvalue weighted by Crippen LogP contribution is 2.13. The number of hydrogen-bond donors (Lipinski definition) is 1. The largest absolute Gasteiger partial charge is 0.381 e. The van der Waals surface area contributed by atoms with Gasteiger partial charge < -0.3 is 20.0 Å². The van der Waals surface area contributed by atoms with E-state index in [2.05, 4.69) is 10.3 Å². The van der Waals surface area contributed by atoms with E-state index >= 15 is 0 Å². The summed E-state index contributed by atoms with van der Waals surface area (Å²) in [6, 6.07) is 6.97. The Morgan fingerprint density at radius 2 is 2.10 bits per heavy atom. The van der Waals surface area contributed by atoms with Gasteiger partial charge >= 0.3 is 5.82 Å². The zero-order valence-corrected chi connectivity index (χ0v) is 12.0. The van der Waals surface area contributed by atoms with Crippen molar-refractivity contribution >= 4 is 28.9 Å². The van der Waals surface area contributed by atoms with Gasteiger partial charge in [0.2, 0.25) is 5.82 Å². The molecule has 7 nitrogen and oxygen atoms in total. The molecule has 2 aromatic rings. The molecule has 0 atom stereocenters. The van der Waals surface area contributed by atoms with Crippen LogP contribution in [-0.4, -0.2) is 26.8 Å². The second-order valence-corrected chi connectivity index (χ2v) is 4.87. The summed E-state index contributed by atoms with van der Waals surface area (Å²) < 4.78 is 1.46. The molecule has 0 aliphatic heterocycles. The number of nitrogens with one attached hydrogen (secondary N) is 1. The fraction of sp³-hybridized carbons (Fsp3) is 0.231. The van der Waals surface area contributed by atoms with Gasteiger partial charge in [-0.15, -0.1) is 0 Å². The number of rotatable bonds is 6. The summed E-state index contributed by atoms with van der Waals surface area (Å²) in [5, 5.41) is 14.2. The van der Waals surface area contributed by atoms with Crippen LogP contribution >= 0.6 is 11.6 Å². The number of carbonyl (C=O) groups is 1. The predicted octanol–water partition coefficient (Wildman–Crippen LogP) is 2.43. The van der Waals surface area contributed by atoms with E-state index in [4.69, 9.17) is 11.6 Å². The molecule has 1 aromatic heterocycles. The predicted molar refractivity (Wildman–Crippen MR) is 78.6 cm³/mol. The minimum absolute atomic E-state index is 0.0350. The monoisotopic (exact) mass is 308 g/mol. The Morgan fingerprint density at radius 3 is 2.67 bits per heavy atom. The van der Waals surface area contributed by atoms with Gasteiger partial charge in [0.05, 0.1) is 13.1 Å². The average Bonchev–Trinajstić information content (AvgIpc) is 2.80. The van der Waals surface area contributed by atoms with Crippen LogP contribution in [0.2, 0.25) is 5.02 Å². The molecule has 0 radical (unpaired) electrons. The van der Waals surface area contributed by atoms with Crippen LogP contribution in [0.1, 0.15) is 5.82 Å². The molecule has 8 heteroatoms. The van der Waals surface area contributed by atoms with Crippen molar-refractivity contribution in [1.29, 1.82) is 0 Å². The molecule has 0 saturated heterocycles. The maximum Gasteiger partial charge on any atom is 0.381 e. The first-order valence-electron chi connectivity index (χ1n) is 6.15. The highest BCUT2D eigenvalue weighted by molar-refractivity contribution is 6.30. The van der Waals surface area contributed by atoms with Crippen molar-refractivity contribution in [3.05, 3.63) is 51.4 Å². The van der Waals surface area contributed by atoms with Crippen molar-refractivity contribution in [2.24, 2.45) is 0 Å². The number of anilines is 1. The van der Waals surface area contributed by atoms with Gasteiger partial charge in [-0.05, 0) is 34.2 Å². The molecule has 1 N–H and O–H groups in total. The third-order valence-electron chi connectivity index (χ3n) is 2.83. The molecule has 0 fully saturated rings. The second kappa shape index (κ2) is 6.36. The summed E-state index contributed by atoms with van der Waals surface area (Å²) in [4.78, 5) is 25.7. The molecule has 0 aliphatic carbocycles. The highest BCUT2D eigenvalue weighted by Gasteiger charge is 2.16. The minimum atomic E-state index is -0.583. The van der Waals surface area contributed by atoms with Crippen LogP contribution in [0, 0.1) is 17.0 Å². The van der Waals surface area contributed by atoms with E-state index in [1.54, 1.807) is 31.2 Å². The summed E-state index contributed by atoms with van der Waals surface area (Å²) >= 11 is 5.77. The van der Waals surface area contributed by atoms with Gasteiger partial charge in [-0.2, -0.15) is 0 Å². The van der Waals surface area contributed by atoms with Gasteiger partial charge in [-0.1, -0.05) is 11.6 Å². The van der Waals surface area contributed by atoms with Crippen molar-refractivity contribution < 1.29 is 9.72 Å². The van der Waals surface area contributed by atoms with Crippen molar-refractivity contribution in [2.45, 2.75) is 13.5 Å². The molecular weight excluding hydrogens is 296 g/mol. The molecule has 0 aliphatic rings. The Balaban J connectivity index is 1.92. The molecule has 1 aromatic carbocycles. The lowest BCUT2D eigenvalue weighted by atomic mass is 10.3. The van der Waals surface area contributed by atoms with Crippen LogP contribution in [0.3, 0.4) is 0 Å². The minimum Gasteiger partial charge on any atom is -0.378 e. The lowest BCUT2D eigenvalue weighted by Crippen LogP contribution is -2.19. The third-order valence-corrected chi connectivity index (χ3v) is 3.08. The van der Waals surface area contributed by atoms with E-state index in [0.29, 0.717) is 10.8 Å². The number of nitrogens with zero attached hydrogens (tertiary/aromatic N) is 3. The quantitative estimate of drug-likeness (QED) is 0.654. The standard InChI is InChI=1S/C13H13ClN4O3/c1-9-16-13(18(20)21)8-17(9)7-12(19)6-15-11-4-2-10(14)3-5-11/h2-5,8,15H,6-7H2,1H3. The van der Waals surface area contributed by atoms with Gasteiger partial charge in [0.1, 0.15) is 6.20 Å². The van der Waals surface area contributed by atoms with Crippen molar-refractivity contribution in [1.82, 2.24) is 9.55 Å². The van der Waals surface area contributed by atoms with Crippen molar-refractivity contribution in [2.75, 3.05) is 11.9 Å². The van der Waals surface area contributed by atoms with Crippen molar-refractivity contribution in [3.8, 4) is 0 Å². The Kier molecular flexibility index (Phi) is 4.54. The van der Waals surface area contributed by atoms with E-state index < -0.39 is 4.92 Å². The second-order valence-electron chi connectivity index (χ2n) is 4.43. The van der Waals surface area contributed by atoms with Crippen LogP contribution in [0.5, 0.6) is 0 Å². The van der Waals surface area contributed by atoms with E-state index in [1.807, 2.05) is 0 Å². The molecule has 0 spiro atoms. The fourth-order valence-electron chi connectivity index (χ4n) is 1.75. The van der Waals surface area contributed by atoms with Gasteiger partial charge in [0, 0.05) is 17.6 Å². The van der Waals surface area contributed by atoms with Crippen LogP contribution in [-0.2, 0) is 11.3 Å². The molecule has 0 saturated carbocycles. The highest BCUT2D eigenvalue weighted by atomic mass is 35.5. The van der Waals surface area contributed by atoms with Crippen molar-refractivity contribution in [3.63, 3.8) is 0 Å². The number of hydrogen-bond acceptors (Lipinski definition) is 5. The normalized spacial score (nSPS) is 10.4. The zero-order chi connectivity index (χ0) is 15.4. The van der Waals surface area contributed by atoms with E-state index in [0.717, 1.165) is 5.69 Å². The fourth-order valence-corrected chi connectivity index (χ4v) is 1.88. The summed E-state index contributed by atoms with van der Waals surface area (Å²) in [6.07, 6.45) is 1.26. The number of aryl methyl sites for hydroxylation is 1. The average molecular weight is 309 g/mol. The molecule has 0 unspecified atom stereocenters. The molecule has 21 heavy (non-hydrogen) atoms. The topological polar surface area (TPSA) is 90.1 Å². The van der Waals surface area contributed by atoms with Crippen LogP contribution in [0.15, 0.2) is 30.5 Å². The number of benzene rings is 1. The lowest BCUT2D eigenvalue weighted by molar-refractivity contribution is -0.389. The molecule has 110 valence electrons. The van der Waals surface area contributed by atoms with E-state index in [9.17, 15) is 14.9 Å². The molecule has 1 heterocycles.